The Hall–Kier alpha value is -0.280. The zero-order valence-electron chi connectivity index (χ0n) is 11.4. The molecule has 3 nitrogen and oxygen atoms in total. The molecule has 0 aromatic heterocycles. The van der Waals surface area contributed by atoms with Gasteiger partial charge in [0.2, 0.25) is 5.91 Å². The zero-order valence-corrected chi connectivity index (χ0v) is 12.3. The van der Waals surface area contributed by atoms with Crippen LogP contribution in [-0.2, 0) is 4.79 Å². The number of hydrogen-bond donors (Lipinski definition) is 1. The van der Waals surface area contributed by atoms with Gasteiger partial charge in [-0.2, -0.15) is 0 Å². The van der Waals surface area contributed by atoms with Gasteiger partial charge in [0, 0.05) is 5.54 Å². The summed E-state index contributed by atoms with van der Waals surface area (Å²) in [7, 11) is 3.92. The molecule has 0 spiro atoms. The van der Waals surface area contributed by atoms with E-state index in [1.807, 2.05) is 19.0 Å². The van der Waals surface area contributed by atoms with Crippen LogP contribution in [0.5, 0.6) is 0 Å². The average molecular weight is 273 g/mol. The van der Waals surface area contributed by atoms with E-state index in [0.29, 0.717) is 6.54 Å². The Bertz CT molecular complexity index is 294. The van der Waals surface area contributed by atoms with E-state index < -0.39 is 0 Å². The van der Waals surface area contributed by atoms with Crippen LogP contribution in [0, 0.1) is 17.8 Å². The summed E-state index contributed by atoms with van der Waals surface area (Å²) in [5.74, 6) is 2.93. The van der Waals surface area contributed by atoms with Crippen molar-refractivity contribution in [3.8, 4) is 0 Å². The summed E-state index contributed by atoms with van der Waals surface area (Å²) in [6, 6.07) is 0. The molecular formula is C14H25ClN2O. The minimum atomic E-state index is 0. The minimum absolute atomic E-state index is 0. The molecule has 104 valence electrons. The molecule has 1 amide bonds. The molecule has 4 fully saturated rings. The van der Waals surface area contributed by atoms with Gasteiger partial charge in [-0.15, -0.1) is 12.4 Å². The fourth-order valence-electron chi connectivity index (χ4n) is 4.89. The summed E-state index contributed by atoms with van der Waals surface area (Å²) in [5, 5.41) is 3.38. The molecule has 4 saturated carbocycles. The summed E-state index contributed by atoms with van der Waals surface area (Å²) in [6.45, 7) is 0.530. The highest BCUT2D eigenvalue weighted by atomic mass is 35.5. The molecule has 4 rings (SSSR count). The van der Waals surface area contributed by atoms with Crippen molar-refractivity contribution in [3.63, 3.8) is 0 Å². The first-order valence-corrected chi connectivity index (χ1v) is 7.00. The van der Waals surface area contributed by atoms with Crippen LogP contribution in [0.1, 0.15) is 38.5 Å². The largest absolute Gasteiger partial charge is 0.350 e. The molecule has 4 aliphatic carbocycles. The van der Waals surface area contributed by atoms with Crippen LogP contribution >= 0.6 is 12.4 Å². The fourth-order valence-corrected chi connectivity index (χ4v) is 4.89. The third-order valence-electron chi connectivity index (χ3n) is 4.90. The lowest BCUT2D eigenvalue weighted by atomic mass is 9.53. The van der Waals surface area contributed by atoms with Crippen molar-refractivity contribution in [2.45, 2.75) is 44.1 Å². The Balaban J connectivity index is 0.00000120. The molecule has 0 saturated heterocycles. The number of hydrogen-bond acceptors (Lipinski definition) is 2. The second-order valence-electron chi connectivity index (χ2n) is 6.98. The van der Waals surface area contributed by atoms with Crippen molar-refractivity contribution in [3.05, 3.63) is 0 Å². The Morgan fingerprint density at radius 3 is 1.94 bits per heavy atom. The molecule has 0 aromatic rings. The highest BCUT2D eigenvalue weighted by Crippen LogP contribution is 2.55. The minimum Gasteiger partial charge on any atom is -0.350 e. The van der Waals surface area contributed by atoms with Crippen molar-refractivity contribution in [2.75, 3.05) is 20.6 Å². The first-order chi connectivity index (χ1) is 8.05. The van der Waals surface area contributed by atoms with Crippen molar-refractivity contribution >= 4 is 18.3 Å². The van der Waals surface area contributed by atoms with E-state index in [-0.39, 0.29) is 23.9 Å². The fraction of sp³-hybridized carbons (Fsp3) is 0.929. The molecule has 0 aromatic carbocycles. The van der Waals surface area contributed by atoms with Gasteiger partial charge in [0.15, 0.2) is 0 Å². The Labute approximate surface area is 116 Å². The number of likely N-dealkylation sites (N-methyl/N-ethyl adjacent to an activating group) is 1. The van der Waals surface area contributed by atoms with Crippen LogP contribution in [-0.4, -0.2) is 37.0 Å². The normalized spacial score (nSPS) is 40.7. The predicted octanol–water partition coefficient (Wildman–Crippen LogP) is 2.05. The van der Waals surface area contributed by atoms with Gasteiger partial charge >= 0.3 is 0 Å². The summed E-state index contributed by atoms with van der Waals surface area (Å²) >= 11 is 0. The van der Waals surface area contributed by atoms with Gasteiger partial charge in [-0.05, 0) is 70.4 Å². The standard InChI is InChI=1S/C14H24N2O.ClH/c1-16(2)9-13(17)15-14-6-10-3-11(7-14)5-12(4-10)8-14;/h10-12H,3-9H2,1-2H3,(H,15,17);1H. The first kappa shape index (κ1) is 14.1. The van der Waals surface area contributed by atoms with Gasteiger partial charge in [-0.1, -0.05) is 0 Å². The summed E-state index contributed by atoms with van der Waals surface area (Å²) in [6.07, 6.45) is 8.04. The maximum Gasteiger partial charge on any atom is 0.234 e. The summed E-state index contributed by atoms with van der Waals surface area (Å²) < 4.78 is 0. The van der Waals surface area contributed by atoms with Crippen molar-refractivity contribution in [2.24, 2.45) is 17.8 Å². The molecule has 4 heteroatoms. The van der Waals surface area contributed by atoms with Crippen LogP contribution in [0.3, 0.4) is 0 Å². The lowest BCUT2D eigenvalue weighted by Crippen LogP contribution is -2.60. The van der Waals surface area contributed by atoms with Crippen LogP contribution in [0.15, 0.2) is 0 Å². The number of halogens is 1. The monoisotopic (exact) mass is 272 g/mol. The van der Waals surface area contributed by atoms with E-state index in [1.165, 1.54) is 38.5 Å². The van der Waals surface area contributed by atoms with Crippen LogP contribution in [0.25, 0.3) is 0 Å². The highest BCUT2D eigenvalue weighted by molar-refractivity contribution is 5.85. The van der Waals surface area contributed by atoms with Gasteiger partial charge < -0.3 is 10.2 Å². The Morgan fingerprint density at radius 1 is 1.11 bits per heavy atom. The zero-order chi connectivity index (χ0) is 12.0. The van der Waals surface area contributed by atoms with Gasteiger partial charge in [0.25, 0.3) is 0 Å². The topological polar surface area (TPSA) is 32.3 Å². The van der Waals surface area contributed by atoms with Crippen molar-refractivity contribution < 1.29 is 4.79 Å². The quantitative estimate of drug-likeness (QED) is 0.853. The molecule has 0 unspecified atom stereocenters. The predicted molar refractivity (Wildman–Crippen MR) is 74.8 cm³/mol. The smallest absolute Gasteiger partial charge is 0.234 e. The van der Waals surface area contributed by atoms with E-state index in [2.05, 4.69) is 5.32 Å². The van der Waals surface area contributed by atoms with E-state index in [9.17, 15) is 4.79 Å². The number of rotatable bonds is 3. The van der Waals surface area contributed by atoms with Gasteiger partial charge in [-0.3, -0.25) is 4.79 Å². The lowest BCUT2D eigenvalue weighted by Gasteiger charge is -2.57. The van der Waals surface area contributed by atoms with E-state index in [1.54, 1.807) is 0 Å². The second kappa shape index (κ2) is 5.01. The molecule has 0 aliphatic heterocycles. The van der Waals surface area contributed by atoms with Gasteiger partial charge in [0.1, 0.15) is 0 Å². The molecule has 0 atom stereocenters. The second-order valence-corrected chi connectivity index (χ2v) is 6.98. The van der Waals surface area contributed by atoms with Gasteiger partial charge in [0.05, 0.1) is 6.54 Å². The number of nitrogens with one attached hydrogen (secondary N) is 1. The van der Waals surface area contributed by atoms with E-state index in [4.69, 9.17) is 0 Å². The SMILES string of the molecule is CN(C)CC(=O)NC12CC3CC(CC(C3)C1)C2.Cl. The molecule has 1 N–H and O–H groups in total. The Kier molecular flexibility index (Phi) is 3.93. The molecule has 0 radical (unpaired) electrons. The summed E-state index contributed by atoms with van der Waals surface area (Å²) in [5.41, 5.74) is 0.182. The average Bonchev–Trinajstić information content (AvgIpc) is 2.11. The molecular weight excluding hydrogens is 248 g/mol. The molecule has 4 aliphatic rings. The maximum atomic E-state index is 12.0. The van der Waals surface area contributed by atoms with E-state index >= 15 is 0 Å². The van der Waals surface area contributed by atoms with Crippen LogP contribution < -0.4 is 5.32 Å². The van der Waals surface area contributed by atoms with Crippen LogP contribution in [0.2, 0.25) is 0 Å². The third-order valence-corrected chi connectivity index (χ3v) is 4.90. The first-order valence-electron chi connectivity index (χ1n) is 7.00. The Morgan fingerprint density at radius 2 is 1.56 bits per heavy atom. The summed E-state index contributed by atoms with van der Waals surface area (Å²) in [4.78, 5) is 13.9. The van der Waals surface area contributed by atoms with Crippen molar-refractivity contribution in [1.29, 1.82) is 0 Å². The molecule has 18 heavy (non-hydrogen) atoms. The van der Waals surface area contributed by atoms with Crippen molar-refractivity contribution in [1.82, 2.24) is 10.2 Å². The number of nitrogens with zero attached hydrogens (tertiary/aromatic N) is 1. The molecule has 0 heterocycles. The number of carbonyl (C=O) groups is 1. The highest BCUT2D eigenvalue weighted by Gasteiger charge is 2.51. The van der Waals surface area contributed by atoms with Crippen LogP contribution in [0.4, 0.5) is 0 Å². The number of carbonyl (C=O) groups excluding carboxylic acids is 1. The third kappa shape index (κ3) is 2.67. The molecule has 4 bridgehead atoms. The lowest BCUT2D eigenvalue weighted by molar-refractivity contribution is -0.127. The maximum absolute atomic E-state index is 12.0. The number of amides is 1. The van der Waals surface area contributed by atoms with E-state index in [0.717, 1.165) is 17.8 Å². The van der Waals surface area contributed by atoms with Gasteiger partial charge in [-0.25, -0.2) is 0 Å².